The van der Waals surface area contributed by atoms with Gasteiger partial charge in [0.1, 0.15) is 37.8 Å². The number of hydrogen-bond donors (Lipinski definition) is 0. The molecule has 4 bridgehead atoms. The first-order chi connectivity index (χ1) is 37.9. The number of fused-ring (bicyclic) bond motifs is 2. The van der Waals surface area contributed by atoms with Crippen molar-refractivity contribution in [1.82, 2.24) is 0 Å². The third-order valence-corrected chi connectivity index (χ3v) is 19.1. The van der Waals surface area contributed by atoms with Gasteiger partial charge in [-0.1, -0.05) is 284 Å². The maximum Gasteiger partial charge on any atom is 0.129 e. The Morgan fingerprint density at radius 2 is 0.590 bits per heavy atom. The Morgan fingerprint density at radius 1 is 0.308 bits per heavy atom. The Labute approximate surface area is 465 Å². The summed E-state index contributed by atoms with van der Waals surface area (Å²) in [6, 6.07) is 70.4. The minimum atomic E-state index is -1.77. The van der Waals surface area contributed by atoms with Crippen LogP contribution in [0.5, 0.6) is 0 Å². The number of benzene rings is 9. The molecule has 0 unspecified atom stereocenters. The van der Waals surface area contributed by atoms with Gasteiger partial charge < -0.3 is 0 Å². The van der Waals surface area contributed by atoms with Crippen LogP contribution in [0.25, 0.3) is 21.5 Å². The summed E-state index contributed by atoms with van der Waals surface area (Å²) in [6.45, 7) is 16.4. The molecular weight excluding hydrogens is 969 g/mol. The van der Waals surface area contributed by atoms with Crippen LogP contribution in [0.15, 0.2) is 188 Å². The highest BCUT2D eigenvalue weighted by Crippen LogP contribution is 2.63. The van der Waals surface area contributed by atoms with E-state index in [1.54, 1.807) is 0 Å². The molecule has 0 atom stereocenters. The van der Waals surface area contributed by atoms with Crippen LogP contribution in [-0.4, -0.2) is 16.1 Å². The van der Waals surface area contributed by atoms with Gasteiger partial charge in [0.05, 0.1) is 0 Å². The maximum atomic E-state index is 4.15. The van der Waals surface area contributed by atoms with E-state index in [2.05, 4.69) is 281 Å². The molecule has 6 aliphatic carbocycles. The molecule has 0 saturated carbocycles. The second-order valence-electron chi connectivity index (χ2n) is 24.4. The molecule has 0 N–H and O–H groups in total. The lowest BCUT2D eigenvalue weighted by atomic mass is 9.47. The molecule has 15 rings (SSSR count). The van der Waals surface area contributed by atoms with Gasteiger partial charge in [-0.2, -0.15) is 0 Å². The average molecular weight is 1040 g/mol. The van der Waals surface area contributed by atoms with Crippen molar-refractivity contribution in [2.24, 2.45) is 0 Å². The molecule has 0 nitrogen and oxygen atoms in total. The molecule has 0 amide bonds. The molecule has 9 aromatic rings. The van der Waals surface area contributed by atoms with E-state index >= 15 is 0 Å². The Bertz CT molecular complexity index is 3720. The number of rotatable bonds is 7. The van der Waals surface area contributed by atoms with E-state index in [1.165, 1.54) is 126 Å². The Balaban J connectivity index is 1.04. The largest absolute Gasteiger partial charge is 0.130 e. The third-order valence-electron chi connectivity index (χ3n) is 17.4. The van der Waals surface area contributed by atoms with Crippen LogP contribution in [-0.2, 0) is 28.1 Å². The molecular formula is C76H66Si2. The van der Waals surface area contributed by atoms with E-state index in [9.17, 15) is 0 Å². The lowest BCUT2D eigenvalue weighted by molar-refractivity contribution is 0.606. The van der Waals surface area contributed by atoms with Gasteiger partial charge in [-0.05, 0) is 125 Å². The minimum Gasteiger partial charge on any atom is -0.130 e. The summed E-state index contributed by atoms with van der Waals surface area (Å²) in [5, 5.41) is 4.93. The van der Waals surface area contributed by atoms with E-state index in [0.717, 1.165) is 24.0 Å². The Kier molecular flexibility index (Phi) is 11.9. The molecule has 6 aliphatic rings. The van der Waals surface area contributed by atoms with Gasteiger partial charge in [-0.3, -0.25) is 0 Å². The lowest BCUT2D eigenvalue weighted by Crippen LogP contribution is -2.50. The molecule has 0 saturated heterocycles. The molecule has 0 aliphatic heterocycles. The summed E-state index contributed by atoms with van der Waals surface area (Å²) in [5.41, 5.74) is 23.6. The number of unbranched alkanes of at least 4 members (excludes halogenated alkanes) is 5. The highest BCUT2D eigenvalue weighted by atomic mass is 28.3. The molecule has 78 heavy (non-hydrogen) atoms. The SMILES string of the molecule is CCCCCCCCc1c2cccc(C#CC34c5ccccc5C(C#C[Si](C)(C)C)(c5ccccc53)c3ccccc34)c2cc2c(C#CC34c5ccccc5C(C#C[Si](C)(C)C)(c5ccccc53)c3ccccc34)cccc12. The molecule has 0 heterocycles. The molecule has 9 aromatic carbocycles. The number of hydrogen-bond acceptors (Lipinski definition) is 0. The predicted octanol–water partition coefficient (Wildman–Crippen LogP) is 17.4. The summed E-state index contributed by atoms with van der Waals surface area (Å²) >= 11 is 0. The second kappa shape index (κ2) is 18.7. The fourth-order valence-corrected chi connectivity index (χ4v) is 15.2. The van der Waals surface area contributed by atoms with Gasteiger partial charge in [0.25, 0.3) is 0 Å². The highest BCUT2D eigenvalue weighted by Gasteiger charge is 2.59. The first-order valence-electron chi connectivity index (χ1n) is 28.6. The van der Waals surface area contributed by atoms with Crippen molar-refractivity contribution in [2.75, 3.05) is 0 Å². The molecule has 0 fully saturated rings. The maximum absolute atomic E-state index is 4.15. The fraction of sp³-hybridized carbons (Fsp3) is 0.237. The van der Waals surface area contributed by atoms with Crippen molar-refractivity contribution >= 4 is 37.7 Å². The van der Waals surface area contributed by atoms with Gasteiger partial charge in [-0.25, -0.2) is 0 Å². The van der Waals surface area contributed by atoms with E-state index in [4.69, 9.17) is 0 Å². The fourth-order valence-electron chi connectivity index (χ4n) is 14.1. The van der Waals surface area contributed by atoms with Crippen LogP contribution in [0.4, 0.5) is 0 Å². The minimum absolute atomic E-state index is 0.583. The smallest absolute Gasteiger partial charge is 0.129 e. The van der Waals surface area contributed by atoms with E-state index in [1.807, 2.05) is 0 Å². The average Bonchev–Trinajstić information content (AvgIpc) is 3.30. The summed E-state index contributed by atoms with van der Waals surface area (Å²) in [6.07, 6.45) is 8.43. The molecule has 0 spiro atoms. The van der Waals surface area contributed by atoms with Gasteiger partial charge in [0, 0.05) is 11.1 Å². The van der Waals surface area contributed by atoms with Crippen molar-refractivity contribution in [3.8, 4) is 46.6 Å². The first-order valence-corrected chi connectivity index (χ1v) is 35.6. The Morgan fingerprint density at radius 3 is 0.885 bits per heavy atom. The lowest BCUT2D eigenvalue weighted by Gasteiger charge is -2.52. The number of aryl methyl sites for hydroxylation is 1. The second-order valence-corrected chi connectivity index (χ2v) is 33.9. The van der Waals surface area contributed by atoms with Crippen LogP contribution in [0.2, 0.25) is 39.3 Å². The van der Waals surface area contributed by atoms with Crippen LogP contribution in [0.1, 0.15) is 129 Å². The molecule has 378 valence electrons. The normalized spacial score (nSPS) is 20.4. The van der Waals surface area contributed by atoms with Crippen molar-refractivity contribution in [3.05, 3.63) is 272 Å². The van der Waals surface area contributed by atoms with E-state index in [-0.39, 0.29) is 0 Å². The van der Waals surface area contributed by atoms with Gasteiger partial charge in [0.15, 0.2) is 0 Å². The third kappa shape index (κ3) is 7.38. The first kappa shape index (κ1) is 49.7. The Hall–Kier alpha value is -7.83. The van der Waals surface area contributed by atoms with Gasteiger partial charge in [-0.15, -0.1) is 11.1 Å². The molecule has 2 heteroatoms. The van der Waals surface area contributed by atoms with Crippen molar-refractivity contribution < 1.29 is 0 Å². The van der Waals surface area contributed by atoms with Crippen LogP contribution in [0, 0.1) is 46.6 Å². The summed E-state index contributed by atoms with van der Waals surface area (Å²) < 4.78 is 0. The molecule has 0 aromatic heterocycles. The van der Waals surface area contributed by atoms with Crippen molar-refractivity contribution in [1.29, 1.82) is 0 Å². The van der Waals surface area contributed by atoms with E-state index in [0.29, 0.717) is 0 Å². The highest BCUT2D eigenvalue weighted by molar-refractivity contribution is 6.84. The predicted molar refractivity (Wildman–Crippen MR) is 333 cm³/mol. The monoisotopic (exact) mass is 1030 g/mol. The van der Waals surface area contributed by atoms with Crippen LogP contribution in [0.3, 0.4) is 0 Å². The van der Waals surface area contributed by atoms with Crippen LogP contribution >= 0.6 is 0 Å². The van der Waals surface area contributed by atoms with Gasteiger partial charge in [0.2, 0.25) is 0 Å². The standard InChI is InChI=1S/C76H66Si2/c1-8-9-10-11-12-13-30-56-57-31-26-28-54(45-47-73-61-33-14-20-39-67(61)75(49-51-77(2,3)4,68-40-21-15-34-62(68)73)69-41-22-16-35-63(69)73)59(57)53-60-55(29-27-32-58(56)60)46-48-74-64-36-17-23-42-70(64)76(50-52-78(5,6)7,71-43-24-18-37-65(71)74)72-44-25-19-38-66(72)74/h14-29,31-44,53H,8-13,30H2,1-7H3. The summed E-state index contributed by atoms with van der Waals surface area (Å²) in [4.78, 5) is 0. The quantitative estimate of drug-likeness (QED) is 0.0646. The van der Waals surface area contributed by atoms with Crippen LogP contribution < -0.4 is 0 Å². The van der Waals surface area contributed by atoms with Crippen molar-refractivity contribution in [2.45, 2.75) is 113 Å². The summed E-state index contributed by atoms with van der Waals surface area (Å²) in [7, 11) is -3.55. The van der Waals surface area contributed by atoms with Crippen molar-refractivity contribution in [3.63, 3.8) is 0 Å². The molecule has 0 radical (unpaired) electrons. The summed E-state index contributed by atoms with van der Waals surface area (Å²) in [5.74, 6) is 24.4. The zero-order chi connectivity index (χ0) is 53.5. The van der Waals surface area contributed by atoms with Gasteiger partial charge >= 0.3 is 0 Å². The van der Waals surface area contributed by atoms with E-state index < -0.39 is 37.8 Å². The zero-order valence-corrected chi connectivity index (χ0v) is 48.3. The topological polar surface area (TPSA) is 0 Å². The zero-order valence-electron chi connectivity index (χ0n) is 46.3.